The fraction of sp³-hybridized carbons (Fsp3) is 0.200. The van der Waals surface area contributed by atoms with Crippen LogP contribution in [0.4, 0.5) is 0 Å². The van der Waals surface area contributed by atoms with Crippen molar-refractivity contribution in [2.75, 3.05) is 0 Å². The number of benzene rings is 3. The number of allylic oxidation sites excluding steroid dienone is 5. The Morgan fingerprint density at radius 3 is 1.65 bits per heavy atom. The van der Waals surface area contributed by atoms with Gasteiger partial charge in [-0.2, -0.15) is 0 Å². The molecule has 0 fully saturated rings. The Balaban J connectivity index is 0.000000191. The largest absolute Gasteiger partial charge is 0.508 e. The van der Waals surface area contributed by atoms with E-state index in [1.807, 2.05) is 56.3 Å². The first-order valence-corrected chi connectivity index (χ1v) is 11.2. The minimum atomic E-state index is -0.151. The number of para-hydroxylation sites is 1. The molecule has 4 heteroatoms. The molecule has 0 saturated carbocycles. The van der Waals surface area contributed by atoms with Crippen LogP contribution in [0.5, 0.6) is 17.2 Å². The molecule has 0 aliphatic heterocycles. The average Bonchev–Trinajstić information content (AvgIpc) is 2.81. The highest BCUT2D eigenvalue weighted by Crippen LogP contribution is 2.36. The van der Waals surface area contributed by atoms with E-state index in [2.05, 4.69) is 13.8 Å². The second-order valence-corrected chi connectivity index (χ2v) is 9.14. The van der Waals surface area contributed by atoms with Gasteiger partial charge in [0, 0.05) is 23.0 Å². The minimum Gasteiger partial charge on any atom is -0.508 e. The summed E-state index contributed by atoms with van der Waals surface area (Å²) in [7, 11) is 0. The molecule has 0 aromatic heterocycles. The number of aromatic hydroxyl groups is 3. The summed E-state index contributed by atoms with van der Waals surface area (Å²) in [5, 5.41) is 38.3. The number of phenolic OH excluding ortho intramolecular Hbond substituents is 3. The Hall–Kier alpha value is -3.92. The van der Waals surface area contributed by atoms with E-state index in [9.17, 15) is 20.4 Å². The molecule has 0 spiro atoms. The van der Waals surface area contributed by atoms with Crippen LogP contribution in [0.3, 0.4) is 0 Å². The van der Waals surface area contributed by atoms with Gasteiger partial charge in [0.2, 0.25) is 0 Å². The molecule has 1 aliphatic rings. The van der Waals surface area contributed by atoms with Gasteiger partial charge in [0.05, 0.1) is 0 Å². The van der Waals surface area contributed by atoms with E-state index in [0.717, 1.165) is 16.7 Å². The molecule has 1 aliphatic carbocycles. The van der Waals surface area contributed by atoms with Crippen molar-refractivity contribution >= 4 is 5.57 Å². The van der Waals surface area contributed by atoms with Gasteiger partial charge in [-0.3, -0.25) is 0 Å². The first-order chi connectivity index (χ1) is 16.1. The molecule has 34 heavy (non-hydrogen) atoms. The van der Waals surface area contributed by atoms with E-state index in [-0.39, 0.29) is 28.4 Å². The number of hydrogen-bond donors (Lipinski definition) is 4. The molecule has 0 bridgehead atoms. The summed E-state index contributed by atoms with van der Waals surface area (Å²) in [6.45, 7) is 8.33. The molecule has 4 nitrogen and oxygen atoms in total. The van der Waals surface area contributed by atoms with Crippen molar-refractivity contribution in [3.05, 3.63) is 119 Å². The Labute approximate surface area is 201 Å². The van der Waals surface area contributed by atoms with Crippen molar-refractivity contribution in [2.24, 2.45) is 0 Å². The highest BCUT2D eigenvalue weighted by molar-refractivity contribution is 5.77. The van der Waals surface area contributed by atoms with Gasteiger partial charge in [0.1, 0.15) is 23.0 Å². The first kappa shape index (κ1) is 24.7. The molecule has 0 unspecified atom stereocenters. The van der Waals surface area contributed by atoms with Crippen LogP contribution in [-0.2, 0) is 5.41 Å². The van der Waals surface area contributed by atoms with Crippen LogP contribution in [-0.4, -0.2) is 20.4 Å². The monoisotopic (exact) mass is 456 g/mol. The second kappa shape index (κ2) is 10.3. The first-order valence-electron chi connectivity index (χ1n) is 11.2. The number of aliphatic hydroxyl groups excluding tert-OH is 1. The summed E-state index contributed by atoms with van der Waals surface area (Å²) in [6.07, 6.45) is 4.27. The van der Waals surface area contributed by atoms with E-state index in [1.165, 1.54) is 11.1 Å². The normalized spacial score (nSPS) is 13.4. The summed E-state index contributed by atoms with van der Waals surface area (Å²) in [5.74, 6) is 0.986. The molecular formula is C30H32O4. The van der Waals surface area contributed by atoms with Crippen LogP contribution >= 0.6 is 0 Å². The van der Waals surface area contributed by atoms with Crippen LogP contribution < -0.4 is 0 Å². The van der Waals surface area contributed by atoms with E-state index in [0.29, 0.717) is 12.0 Å². The Morgan fingerprint density at radius 2 is 1.18 bits per heavy atom. The Morgan fingerprint density at radius 1 is 0.676 bits per heavy atom. The molecule has 3 aromatic rings. The molecular weight excluding hydrogens is 424 g/mol. The van der Waals surface area contributed by atoms with E-state index >= 15 is 0 Å². The maximum absolute atomic E-state index is 9.91. The van der Waals surface area contributed by atoms with Crippen molar-refractivity contribution in [3.63, 3.8) is 0 Å². The van der Waals surface area contributed by atoms with Gasteiger partial charge in [-0.05, 0) is 67.0 Å². The summed E-state index contributed by atoms with van der Waals surface area (Å²) < 4.78 is 0. The Kier molecular flexibility index (Phi) is 7.52. The third kappa shape index (κ3) is 5.70. The zero-order valence-electron chi connectivity index (χ0n) is 20.1. The fourth-order valence-electron chi connectivity index (χ4n) is 3.85. The van der Waals surface area contributed by atoms with E-state index < -0.39 is 0 Å². The Bertz CT molecular complexity index is 1180. The molecule has 4 N–H and O–H groups in total. The summed E-state index contributed by atoms with van der Waals surface area (Å²) in [6, 6.07) is 21.5. The summed E-state index contributed by atoms with van der Waals surface area (Å²) in [5.41, 5.74) is 5.99. The van der Waals surface area contributed by atoms with Crippen molar-refractivity contribution in [3.8, 4) is 17.2 Å². The standard InChI is InChI=1S/2C15H16O2/c1-15(2,11-3-7-13(16)8-4-11)12-5-9-14(17)10-6-12;1-10(2)11-7-8-15(17)13(9-11)12-5-3-4-6-14(12)16/h3-10,16-17H,1-2H3;3-8,16-17H,9H2,1-2H3. The SMILES string of the molecule is CC(C)(c1ccc(O)cc1)c1ccc(O)cc1.CC(C)=C1C=CC(O)=C(c2ccccc2O)C1. The maximum atomic E-state index is 9.91. The quantitative estimate of drug-likeness (QED) is 0.331. The van der Waals surface area contributed by atoms with Gasteiger partial charge in [-0.15, -0.1) is 0 Å². The zero-order chi connectivity index (χ0) is 24.9. The number of hydrogen-bond acceptors (Lipinski definition) is 4. The highest BCUT2D eigenvalue weighted by atomic mass is 16.3. The maximum Gasteiger partial charge on any atom is 0.123 e. The molecule has 0 radical (unpaired) electrons. The van der Waals surface area contributed by atoms with Crippen LogP contribution in [0, 0.1) is 0 Å². The molecule has 0 atom stereocenters. The average molecular weight is 457 g/mol. The lowest BCUT2D eigenvalue weighted by molar-refractivity contribution is 0.431. The smallest absolute Gasteiger partial charge is 0.123 e. The van der Waals surface area contributed by atoms with E-state index in [1.54, 1.807) is 42.5 Å². The predicted octanol–water partition coefficient (Wildman–Crippen LogP) is 7.38. The molecule has 176 valence electrons. The number of rotatable bonds is 3. The summed E-state index contributed by atoms with van der Waals surface area (Å²) in [4.78, 5) is 0. The molecule has 3 aromatic carbocycles. The van der Waals surface area contributed by atoms with Gasteiger partial charge in [-0.1, -0.05) is 68.0 Å². The third-order valence-electron chi connectivity index (χ3n) is 6.17. The number of aliphatic hydroxyl groups is 1. The second-order valence-electron chi connectivity index (χ2n) is 9.14. The number of phenols is 3. The lowest BCUT2D eigenvalue weighted by Gasteiger charge is -2.26. The fourth-order valence-corrected chi connectivity index (χ4v) is 3.85. The molecule has 4 rings (SSSR count). The van der Waals surface area contributed by atoms with Gasteiger partial charge in [0.15, 0.2) is 0 Å². The minimum absolute atomic E-state index is 0.151. The van der Waals surface area contributed by atoms with Crippen LogP contribution in [0.25, 0.3) is 5.57 Å². The molecule has 0 amide bonds. The molecule has 0 heterocycles. The zero-order valence-corrected chi connectivity index (χ0v) is 20.1. The van der Waals surface area contributed by atoms with Crippen LogP contribution in [0.2, 0.25) is 0 Å². The van der Waals surface area contributed by atoms with Gasteiger partial charge >= 0.3 is 0 Å². The topological polar surface area (TPSA) is 80.9 Å². The van der Waals surface area contributed by atoms with Gasteiger partial charge in [-0.25, -0.2) is 0 Å². The van der Waals surface area contributed by atoms with Gasteiger partial charge in [0.25, 0.3) is 0 Å². The van der Waals surface area contributed by atoms with Crippen molar-refractivity contribution in [1.82, 2.24) is 0 Å². The van der Waals surface area contributed by atoms with Crippen LogP contribution in [0.1, 0.15) is 50.8 Å². The van der Waals surface area contributed by atoms with Crippen molar-refractivity contribution in [2.45, 2.75) is 39.5 Å². The lowest BCUT2D eigenvalue weighted by atomic mass is 9.78. The predicted molar refractivity (Wildman–Crippen MR) is 138 cm³/mol. The van der Waals surface area contributed by atoms with Crippen molar-refractivity contribution < 1.29 is 20.4 Å². The lowest BCUT2D eigenvalue weighted by Crippen LogP contribution is -2.18. The molecule has 0 saturated heterocycles. The summed E-state index contributed by atoms with van der Waals surface area (Å²) >= 11 is 0. The van der Waals surface area contributed by atoms with Gasteiger partial charge < -0.3 is 20.4 Å². The van der Waals surface area contributed by atoms with Crippen LogP contribution in [0.15, 0.2) is 102 Å². The third-order valence-corrected chi connectivity index (χ3v) is 6.17. The van der Waals surface area contributed by atoms with Crippen molar-refractivity contribution in [1.29, 1.82) is 0 Å². The van der Waals surface area contributed by atoms with E-state index in [4.69, 9.17) is 0 Å². The highest BCUT2D eigenvalue weighted by Gasteiger charge is 2.22.